The van der Waals surface area contributed by atoms with E-state index in [9.17, 15) is 19.1 Å². The van der Waals surface area contributed by atoms with Gasteiger partial charge in [-0.05, 0) is 66.4 Å². The van der Waals surface area contributed by atoms with Crippen molar-refractivity contribution in [3.63, 3.8) is 0 Å². The van der Waals surface area contributed by atoms with Gasteiger partial charge in [-0.25, -0.2) is 4.39 Å². The van der Waals surface area contributed by atoms with E-state index >= 15 is 0 Å². The minimum absolute atomic E-state index is 0.0599. The average Bonchev–Trinajstić information content (AvgIpc) is 3.08. The van der Waals surface area contributed by atoms with Crippen LogP contribution in [0.4, 0.5) is 4.39 Å². The number of aliphatic hydroxyl groups excluding tert-OH is 1. The fourth-order valence-corrected chi connectivity index (χ4v) is 4.51. The van der Waals surface area contributed by atoms with Crippen molar-refractivity contribution >= 4 is 29.1 Å². The molecule has 1 N–H and O–H groups in total. The van der Waals surface area contributed by atoms with Gasteiger partial charge in [0.05, 0.1) is 29.3 Å². The lowest BCUT2D eigenvalue weighted by Gasteiger charge is -2.25. The lowest BCUT2D eigenvalue weighted by Crippen LogP contribution is -2.31. The Morgan fingerprint density at radius 1 is 1.15 bits per heavy atom. The molecular weight excluding hydrogens is 459 g/mol. The van der Waals surface area contributed by atoms with Crippen LogP contribution >= 0.6 is 11.6 Å². The van der Waals surface area contributed by atoms with E-state index < -0.39 is 17.7 Å². The molecule has 1 amide bonds. The number of amides is 1. The smallest absolute Gasteiger partial charge is 0.295 e. The first-order chi connectivity index (χ1) is 16.3. The minimum Gasteiger partial charge on any atom is -0.507 e. The number of rotatable bonds is 6. The van der Waals surface area contributed by atoms with Gasteiger partial charge in [-0.1, -0.05) is 23.7 Å². The molecule has 1 aliphatic heterocycles. The standard InChI is InChI=1S/C26H22ClFN2O4/c1-15-13-19(25(34-2)20(27)14-15)23(31)21-22(17-7-10-29-11-8-17)30(26(33)24(21)32)12-9-16-3-5-18(28)6-4-16/h3-8,10-11,13-14,22,31H,9,12H2,1-2H3/b23-21+. The summed E-state index contributed by atoms with van der Waals surface area (Å²) in [6.07, 6.45) is 3.51. The number of halogens is 2. The van der Waals surface area contributed by atoms with Gasteiger partial charge >= 0.3 is 0 Å². The number of hydrogen-bond donors (Lipinski definition) is 1. The molecule has 1 aromatic heterocycles. The fourth-order valence-electron chi connectivity index (χ4n) is 4.16. The van der Waals surface area contributed by atoms with Crippen LogP contribution in [0.3, 0.4) is 0 Å². The maximum Gasteiger partial charge on any atom is 0.295 e. The van der Waals surface area contributed by atoms with Crippen LogP contribution in [0.2, 0.25) is 5.02 Å². The first-order valence-electron chi connectivity index (χ1n) is 10.6. The number of nitrogens with zero attached hydrogens (tertiary/aromatic N) is 2. The molecule has 2 heterocycles. The normalized spacial score (nSPS) is 17.3. The molecule has 3 aromatic rings. The Bertz CT molecular complexity index is 1280. The highest BCUT2D eigenvalue weighted by molar-refractivity contribution is 6.46. The number of Topliss-reactive ketones (excluding diaryl/α,β-unsaturated/α-hetero) is 1. The molecular formula is C26H22ClFN2O4. The molecule has 1 fully saturated rings. The zero-order valence-corrected chi connectivity index (χ0v) is 19.3. The summed E-state index contributed by atoms with van der Waals surface area (Å²) in [5.74, 6) is -2.06. The zero-order valence-electron chi connectivity index (χ0n) is 18.6. The number of ketones is 1. The second kappa shape index (κ2) is 9.65. The van der Waals surface area contributed by atoms with E-state index in [0.29, 0.717) is 12.0 Å². The number of ether oxygens (including phenoxy) is 1. The first kappa shape index (κ1) is 23.4. The minimum atomic E-state index is -0.840. The van der Waals surface area contributed by atoms with Crippen molar-refractivity contribution in [2.45, 2.75) is 19.4 Å². The number of benzene rings is 2. The van der Waals surface area contributed by atoms with Crippen LogP contribution < -0.4 is 4.74 Å². The summed E-state index contributed by atoms with van der Waals surface area (Å²) in [6, 6.07) is 11.8. The van der Waals surface area contributed by atoms with Gasteiger partial charge in [0.1, 0.15) is 17.3 Å². The summed E-state index contributed by atoms with van der Waals surface area (Å²) in [5, 5.41) is 11.6. The van der Waals surface area contributed by atoms with Crippen molar-refractivity contribution in [2.75, 3.05) is 13.7 Å². The number of hydrogen-bond acceptors (Lipinski definition) is 5. The second-order valence-corrected chi connectivity index (χ2v) is 8.38. The van der Waals surface area contributed by atoms with Crippen molar-refractivity contribution in [1.82, 2.24) is 9.88 Å². The Kier molecular flexibility index (Phi) is 6.65. The van der Waals surface area contributed by atoms with E-state index in [1.54, 1.807) is 55.7 Å². The van der Waals surface area contributed by atoms with E-state index in [2.05, 4.69) is 4.98 Å². The number of carbonyl (C=O) groups is 2. The summed E-state index contributed by atoms with van der Waals surface area (Å²) >= 11 is 6.31. The molecule has 4 rings (SSSR count). The quantitative estimate of drug-likeness (QED) is 0.310. The highest BCUT2D eigenvalue weighted by atomic mass is 35.5. The van der Waals surface area contributed by atoms with Crippen LogP contribution in [-0.4, -0.2) is 40.3 Å². The summed E-state index contributed by atoms with van der Waals surface area (Å²) in [4.78, 5) is 31.7. The number of aryl methyl sites for hydroxylation is 1. The van der Waals surface area contributed by atoms with Crippen LogP contribution in [0.15, 0.2) is 66.5 Å². The molecule has 1 atom stereocenters. The second-order valence-electron chi connectivity index (χ2n) is 7.98. The highest BCUT2D eigenvalue weighted by Gasteiger charge is 2.46. The Hall–Kier alpha value is -3.71. The fraction of sp³-hybridized carbons (Fsp3) is 0.192. The summed E-state index contributed by atoms with van der Waals surface area (Å²) in [7, 11) is 1.41. The predicted molar refractivity (Wildman–Crippen MR) is 126 cm³/mol. The molecule has 174 valence electrons. The summed E-state index contributed by atoms with van der Waals surface area (Å²) in [5.41, 5.74) is 2.34. The molecule has 1 saturated heterocycles. The van der Waals surface area contributed by atoms with Crippen LogP contribution in [0.5, 0.6) is 5.75 Å². The van der Waals surface area contributed by atoms with Gasteiger partial charge in [0.25, 0.3) is 11.7 Å². The maximum absolute atomic E-state index is 13.3. The maximum atomic E-state index is 13.3. The monoisotopic (exact) mass is 480 g/mol. The Balaban J connectivity index is 1.82. The van der Waals surface area contributed by atoms with Gasteiger partial charge in [-0.15, -0.1) is 0 Å². The van der Waals surface area contributed by atoms with Crippen LogP contribution in [0.1, 0.15) is 28.3 Å². The summed E-state index contributed by atoms with van der Waals surface area (Å²) in [6.45, 7) is 1.98. The van der Waals surface area contributed by atoms with Crippen molar-refractivity contribution in [1.29, 1.82) is 0 Å². The van der Waals surface area contributed by atoms with E-state index in [-0.39, 0.29) is 40.0 Å². The van der Waals surface area contributed by atoms with Crippen molar-refractivity contribution in [3.05, 3.63) is 99.6 Å². The van der Waals surface area contributed by atoms with Gasteiger partial charge in [0.2, 0.25) is 0 Å². The van der Waals surface area contributed by atoms with E-state index in [0.717, 1.165) is 11.1 Å². The zero-order chi connectivity index (χ0) is 24.4. The number of aromatic nitrogens is 1. The Labute approximate surface area is 201 Å². The molecule has 1 unspecified atom stereocenters. The lowest BCUT2D eigenvalue weighted by atomic mass is 9.95. The van der Waals surface area contributed by atoms with Gasteiger partial charge < -0.3 is 14.7 Å². The molecule has 8 heteroatoms. The third-order valence-electron chi connectivity index (χ3n) is 5.76. The van der Waals surface area contributed by atoms with Gasteiger partial charge in [0.15, 0.2) is 0 Å². The molecule has 1 aliphatic rings. The van der Waals surface area contributed by atoms with Crippen LogP contribution in [0.25, 0.3) is 5.76 Å². The number of pyridine rings is 1. The molecule has 0 bridgehead atoms. The molecule has 0 spiro atoms. The topological polar surface area (TPSA) is 79.7 Å². The molecule has 6 nitrogen and oxygen atoms in total. The van der Waals surface area contributed by atoms with Gasteiger partial charge in [-0.3, -0.25) is 14.6 Å². The third kappa shape index (κ3) is 4.39. The van der Waals surface area contributed by atoms with Crippen molar-refractivity contribution < 1.29 is 23.8 Å². The van der Waals surface area contributed by atoms with Gasteiger partial charge in [0, 0.05) is 18.9 Å². The van der Waals surface area contributed by atoms with Gasteiger partial charge in [-0.2, -0.15) is 0 Å². The SMILES string of the molecule is COc1c(Cl)cc(C)cc1/C(O)=C1\C(=O)C(=O)N(CCc2ccc(F)cc2)C1c1ccncc1. The van der Waals surface area contributed by atoms with E-state index in [1.165, 1.54) is 24.1 Å². The van der Waals surface area contributed by atoms with Crippen molar-refractivity contribution in [3.8, 4) is 5.75 Å². The Morgan fingerprint density at radius 2 is 1.82 bits per heavy atom. The van der Waals surface area contributed by atoms with E-state index in [1.807, 2.05) is 0 Å². The van der Waals surface area contributed by atoms with Crippen LogP contribution in [0, 0.1) is 12.7 Å². The number of aliphatic hydroxyl groups is 1. The highest BCUT2D eigenvalue weighted by Crippen LogP contribution is 2.42. The number of likely N-dealkylation sites (tertiary alicyclic amines) is 1. The summed E-state index contributed by atoms with van der Waals surface area (Å²) < 4.78 is 18.7. The molecule has 34 heavy (non-hydrogen) atoms. The van der Waals surface area contributed by atoms with Crippen molar-refractivity contribution in [2.24, 2.45) is 0 Å². The molecule has 0 radical (unpaired) electrons. The predicted octanol–water partition coefficient (Wildman–Crippen LogP) is 4.86. The molecule has 0 saturated carbocycles. The number of carbonyl (C=O) groups excluding carboxylic acids is 2. The number of methoxy groups -OCH3 is 1. The average molecular weight is 481 g/mol. The molecule has 2 aromatic carbocycles. The molecule has 0 aliphatic carbocycles. The largest absolute Gasteiger partial charge is 0.507 e. The van der Waals surface area contributed by atoms with Crippen LogP contribution in [-0.2, 0) is 16.0 Å². The first-order valence-corrected chi connectivity index (χ1v) is 11.0. The van der Waals surface area contributed by atoms with E-state index in [4.69, 9.17) is 16.3 Å². The Morgan fingerprint density at radius 3 is 2.47 bits per heavy atom. The lowest BCUT2D eigenvalue weighted by molar-refractivity contribution is -0.139. The third-order valence-corrected chi connectivity index (χ3v) is 6.04.